The first-order valence-corrected chi connectivity index (χ1v) is 4.84. The number of halogens is 2. The Morgan fingerprint density at radius 1 is 1.73 bits per heavy atom. The summed E-state index contributed by atoms with van der Waals surface area (Å²) >= 11 is 5.47. The van der Waals surface area contributed by atoms with Crippen LogP contribution in [0.5, 0.6) is 5.88 Å². The Balaban J connectivity index is 2.90. The van der Waals surface area contributed by atoms with Crippen LogP contribution in [0.25, 0.3) is 0 Å². The van der Waals surface area contributed by atoms with Crippen LogP contribution in [0.15, 0.2) is 16.7 Å². The van der Waals surface area contributed by atoms with Gasteiger partial charge in [-0.2, -0.15) is 0 Å². The first-order chi connectivity index (χ1) is 5.24. The minimum atomic E-state index is 0.407. The molecule has 0 amide bonds. The average molecular weight is 327 g/mol. The molecule has 0 spiro atoms. The van der Waals surface area contributed by atoms with E-state index in [2.05, 4.69) is 50.4 Å². The fourth-order valence-corrected chi connectivity index (χ4v) is 1.99. The molecule has 59 valence electrons. The molecule has 1 heterocycles. The quantitative estimate of drug-likeness (QED) is 0.780. The topological polar surface area (TPSA) is 22.1 Å². The predicted octanol–water partition coefficient (Wildman–Crippen LogP) is 2.66. The van der Waals surface area contributed by atoms with Crippen molar-refractivity contribution in [1.29, 1.82) is 0 Å². The zero-order valence-corrected chi connectivity index (χ0v) is 9.42. The van der Waals surface area contributed by atoms with Crippen molar-refractivity contribution in [2.75, 3.05) is 6.61 Å². The van der Waals surface area contributed by atoms with Crippen LogP contribution >= 0.6 is 38.5 Å². The number of hydrogen-bond donors (Lipinski definition) is 0. The van der Waals surface area contributed by atoms with E-state index < -0.39 is 0 Å². The van der Waals surface area contributed by atoms with E-state index in [-0.39, 0.29) is 0 Å². The number of nitrogens with zero attached hydrogens (tertiary/aromatic N) is 1. The number of pyridine rings is 1. The number of rotatable bonds is 2. The molecule has 0 N–H and O–H groups in total. The van der Waals surface area contributed by atoms with Gasteiger partial charge in [0, 0.05) is 10.7 Å². The van der Waals surface area contributed by atoms with Crippen molar-refractivity contribution < 1.29 is 4.74 Å². The first-order valence-electron chi connectivity index (χ1n) is 2.97. The van der Waals surface area contributed by atoms with Gasteiger partial charge in [0.25, 0.3) is 0 Å². The van der Waals surface area contributed by atoms with Gasteiger partial charge in [0.15, 0.2) is 0 Å². The summed E-state index contributed by atoms with van der Waals surface area (Å²) in [5.74, 6) is 0.642. The molecule has 1 rings (SSSR count). The fourth-order valence-electron chi connectivity index (χ4n) is 0.605. The first kappa shape index (κ1) is 9.25. The SMILES string of the molecule is [CH2]COc1ncc(Br)cc1I. The Morgan fingerprint density at radius 3 is 3.00 bits per heavy atom. The third-order valence-corrected chi connectivity index (χ3v) is 2.22. The Kier molecular flexibility index (Phi) is 3.58. The standard InChI is InChI=1S/C7H6BrINO/c1-2-11-7-6(9)3-5(8)4-10-7/h3-4H,1-2H2. The number of hydrogen-bond acceptors (Lipinski definition) is 2. The van der Waals surface area contributed by atoms with Crippen molar-refractivity contribution in [1.82, 2.24) is 4.98 Å². The minimum absolute atomic E-state index is 0.407. The smallest absolute Gasteiger partial charge is 0.227 e. The van der Waals surface area contributed by atoms with E-state index in [4.69, 9.17) is 4.74 Å². The second-order valence-corrected chi connectivity index (χ2v) is 3.87. The lowest BCUT2D eigenvalue weighted by Gasteiger charge is -2.03. The van der Waals surface area contributed by atoms with Crippen LogP contribution < -0.4 is 4.74 Å². The normalized spacial score (nSPS) is 9.73. The molecule has 4 heteroatoms. The van der Waals surface area contributed by atoms with Crippen molar-refractivity contribution >= 4 is 38.5 Å². The predicted molar refractivity (Wildman–Crippen MR) is 55.5 cm³/mol. The second-order valence-electron chi connectivity index (χ2n) is 1.79. The van der Waals surface area contributed by atoms with Crippen LogP contribution in [0.2, 0.25) is 0 Å². The molecule has 0 saturated carbocycles. The number of aromatic nitrogens is 1. The Labute approximate surface area is 87.6 Å². The minimum Gasteiger partial charge on any atom is -0.477 e. The molecule has 0 saturated heterocycles. The van der Waals surface area contributed by atoms with Crippen LogP contribution in [0.4, 0.5) is 0 Å². The molecule has 11 heavy (non-hydrogen) atoms. The van der Waals surface area contributed by atoms with Gasteiger partial charge >= 0.3 is 0 Å². The van der Waals surface area contributed by atoms with Crippen LogP contribution in [0.3, 0.4) is 0 Å². The fraction of sp³-hybridized carbons (Fsp3) is 0.143. The Hall–Kier alpha value is 0.160. The van der Waals surface area contributed by atoms with E-state index in [0.29, 0.717) is 12.5 Å². The zero-order chi connectivity index (χ0) is 8.27. The Bertz CT molecular complexity index is 254. The third kappa shape index (κ3) is 2.59. The van der Waals surface area contributed by atoms with Gasteiger partial charge in [-0.25, -0.2) is 4.98 Å². The number of ether oxygens (including phenoxy) is 1. The van der Waals surface area contributed by atoms with Crippen molar-refractivity contribution in [3.05, 3.63) is 27.2 Å². The molecule has 0 aliphatic heterocycles. The van der Waals surface area contributed by atoms with E-state index in [1.165, 1.54) is 0 Å². The maximum atomic E-state index is 5.14. The van der Waals surface area contributed by atoms with Crippen molar-refractivity contribution in [2.45, 2.75) is 0 Å². The summed E-state index contributed by atoms with van der Waals surface area (Å²) < 4.78 is 7.08. The molecule has 2 nitrogen and oxygen atoms in total. The molecular formula is C7H6BrINO. The summed E-state index contributed by atoms with van der Waals surface area (Å²) in [6.45, 7) is 3.97. The molecular weight excluding hydrogens is 321 g/mol. The molecule has 0 aliphatic carbocycles. The van der Waals surface area contributed by atoms with E-state index in [1.54, 1.807) is 6.20 Å². The zero-order valence-electron chi connectivity index (χ0n) is 5.68. The monoisotopic (exact) mass is 326 g/mol. The van der Waals surface area contributed by atoms with E-state index in [9.17, 15) is 0 Å². The molecule has 1 radical (unpaired) electrons. The largest absolute Gasteiger partial charge is 0.477 e. The Morgan fingerprint density at radius 2 is 2.45 bits per heavy atom. The highest BCUT2D eigenvalue weighted by molar-refractivity contribution is 14.1. The maximum Gasteiger partial charge on any atom is 0.227 e. The molecule has 0 atom stereocenters. The highest BCUT2D eigenvalue weighted by Crippen LogP contribution is 2.21. The molecule has 1 aromatic rings. The molecule has 0 aliphatic rings. The van der Waals surface area contributed by atoms with Crippen LogP contribution in [-0.2, 0) is 0 Å². The van der Waals surface area contributed by atoms with Gasteiger partial charge in [-0.3, -0.25) is 0 Å². The summed E-state index contributed by atoms with van der Waals surface area (Å²) in [5.41, 5.74) is 0. The van der Waals surface area contributed by atoms with Crippen molar-refractivity contribution in [3.63, 3.8) is 0 Å². The van der Waals surface area contributed by atoms with Gasteiger partial charge in [0.1, 0.15) is 0 Å². The maximum absolute atomic E-state index is 5.14. The molecule has 0 unspecified atom stereocenters. The molecule has 0 fully saturated rings. The molecule has 0 aromatic carbocycles. The van der Waals surface area contributed by atoms with Gasteiger partial charge in [-0.15, -0.1) is 0 Å². The van der Waals surface area contributed by atoms with Gasteiger partial charge in [-0.05, 0) is 51.5 Å². The van der Waals surface area contributed by atoms with Crippen LogP contribution in [0.1, 0.15) is 0 Å². The van der Waals surface area contributed by atoms with Crippen molar-refractivity contribution in [2.24, 2.45) is 0 Å². The molecule has 0 bridgehead atoms. The average Bonchev–Trinajstić information content (AvgIpc) is 1.95. The second kappa shape index (κ2) is 4.25. The van der Waals surface area contributed by atoms with Gasteiger partial charge in [0.05, 0.1) is 10.2 Å². The van der Waals surface area contributed by atoms with Gasteiger partial charge in [-0.1, -0.05) is 0 Å². The van der Waals surface area contributed by atoms with E-state index in [1.807, 2.05) is 6.07 Å². The summed E-state index contributed by atoms with van der Waals surface area (Å²) in [7, 11) is 0. The van der Waals surface area contributed by atoms with Gasteiger partial charge in [0.2, 0.25) is 5.88 Å². The molecule has 1 aromatic heterocycles. The lowest BCUT2D eigenvalue weighted by Crippen LogP contribution is -1.96. The highest BCUT2D eigenvalue weighted by Gasteiger charge is 2.00. The van der Waals surface area contributed by atoms with Crippen LogP contribution in [0, 0.1) is 10.5 Å². The van der Waals surface area contributed by atoms with Gasteiger partial charge < -0.3 is 4.74 Å². The lowest BCUT2D eigenvalue weighted by atomic mass is 10.5. The van der Waals surface area contributed by atoms with E-state index in [0.717, 1.165) is 8.04 Å². The van der Waals surface area contributed by atoms with E-state index >= 15 is 0 Å². The summed E-state index contributed by atoms with van der Waals surface area (Å²) in [6, 6.07) is 1.94. The van der Waals surface area contributed by atoms with Crippen molar-refractivity contribution in [3.8, 4) is 5.88 Å². The summed E-state index contributed by atoms with van der Waals surface area (Å²) in [4.78, 5) is 4.05. The lowest BCUT2D eigenvalue weighted by molar-refractivity contribution is 0.344. The highest BCUT2D eigenvalue weighted by atomic mass is 127. The summed E-state index contributed by atoms with van der Waals surface area (Å²) in [6.07, 6.45) is 1.70. The summed E-state index contributed by atoms with van der Waals surface area (Å²) in [5, 5.41) is 0. The third-order valence-electron chi connectivity index (χ3n) is 1.01. The van der Waals surface area contributed by atoms with Crippen LogP contribution in [-0.4, -0.2) is 11.6 Å².